The standard InChI is InChI=1S/C36H49ClN10O9S2/c1-36(2)29(47-30(52)23(38)14-19-8-10-22(48)11-9-19)34(56)42-16-27(49)44-25(15-20-5-3-6-21(37)13-20)32(54)46-26(18-57-58-36)33(55)45-24(7-4-12-41-35(39)40)31(53)43-17-28(50)51/h3,5-6,8-11,13,23-26,29,48H,4,7,12,14-18,38H2,1-2H3,(H,42,56)(H,43,53)(H,44,49)(H,45,55)(H,46,54)(H,47,52)(H,50,51)(H4,39,40,41)/t23-,24-,25?,26?,29-/m0/s1. The summed E-state index contributed by atoms with van der Waals surface area (Å²) in [6.45, 7) is 2.09. The highest BCUT2D eigenvalue weighted by Crippen LogP contribution is 2.39. The Hall–Kier alpha value is -5.25. The van der Waals surface area contributed by atoms with Gasteiger partial charge in [-0.15, -0.1) is 0 Å². The van der Waals surface area contributed by atoms with Crippen LogP contribution in [-0.2, 0) is 46.4 Å². The topological polar surface area (TPSA) is 323 Å². The van der Waals surface area contributed by atoms with Crippen molar-refractivity contribution in [2.75, 3.05) is 25.4 Å². The van der Waals surface area contributed by atoms with Crippen molar-refractivity contribution in [3.8, 4) is 5.75 Å². The molecule has 2 aromatic rings. The van der Waals surface area contributed by atoms with Crippen LogP contribution in [0.5, 0.6) is 5.75 Å². The minimum atomic E-state index is -1.35. The van der Waals surface area contributed by atoms with Gasteiger partial charge in [0.05, 0.1) is 12.6 Å². The number of hydrogen-bond donors (Lipinski definition) is 11. The van der Waals surface area contributed by atoms with Crippen LogP contribution in [0.25, 0.3) is 0 Å². The molecule has 1 fully saturated rings. The summed E-state index contributed by atoms with van der Waals surface area (Å²) in [5, 5.41) is 34.4. The second-order valence-electron chi connectivity index (χ2n) is 13.7. The second-order valence-corrected chi connectivity index (χ2v) is 17.2. The molecule has 0 spiro atoms. The van der Waals surface area contributed by atoms with Crippen molar-refractivity contribution < 1.29 is 43.8 Å². The lowest BCUT2D eigenvalue weighted by atomic mass is 10.0. The van der Waals surface area contributed by atoms with E-state index in [0.717, 1.165) is 21.6 Å². The van der Waals surface area contributed by atoms with Gasteiger partial charge in [0.2, 0.25) is 35.4 Å². The molecule has 316 valence electrons. The number of nitrogens with one attached hydrogen (secondary N) is 6. The molecule has 5 atom stereocenters. The smallest absolute Gasteiger partial charge is 0.322 e. The van der Waals surface area contributed by atoms with E-state index in [1.54, 1.807) is 50.2 Å². The molecular weight excluding hydrogens is 816 g/mol. The summed E-state index contributed by atoms with van der Waals surface area (Å²) in [4.78, 5) is 96.3. The zero-order valence-electron chi connectivity index (χ0n) is 31.8. The van der Waals surface area contributed by atoms with Crippen molar-refractivity contribution in [3.05, 3.63) is 64.7 Å². The van der Waals surface area contributed by atoms with Crippen LogP contribution in [0.3, 0.4) is 0 Å². The van der Waals surface area contributed by atoms with Gasteiger partial charge in [-0.2, -0.15) is 0 Å². The number of carboxylic acid groups (broad SMARTS) is 1. The van der Waals surface area contributed by atoms with Crippen molar-refractivity contribution in [1.29, 1.82) is 0 Å². The maximum atomic E-state index is 14.0. The minimum Gasteiger partial charge on any atom is -0.508 e. The summed E-state index contributed by atoms with van der Waals surface area (Å²) in [6.07, 6.45) is 0.209. The average molecular weight is 865 g/mol. The number of nitrogens with zero attached hydrogens (tertiary/aromatic N) is 1. The van der Waals surface area contributed by atoms with Crippen LogP contribution in [0.15, 0.2) is 53.5 Å². The summed E-state index contributed by atoms with van der Waals surface area (Å²) in [7, 11) is 2.18. The number of hydrogen-bond acceptors (Lipinski definition) is 12. The third-order valence-electron chi connectivity index (χ3n) is 8.51. The van der Waals surface area contributed by atoms with Crippen molar-refractivity contribution in [1.82, 2.24) is 31.9 Å². The summed E-state index contributed by atoms with van der Waals surface area (Å²) >= 11 is 6.18. The fraction of sp³-hybridized carbons (Fsp3) is 0.444. The van der Waals surface area contributed by atoms with Gasteiger partial charge in [-0.1, -0.05) is 57.5 Å². The van der Waals surface area contributed by atoms with Gasteiger partial charge in [0.15, 0.2) is 5.96 Å². The molecule has 2 unspecified atom stereocenters. The van der Waals surface area contributed by atoms with Crippen LogP contribution < -0.4 is 49.1 Å². The van der Waals surface area contributed by atoms with Crippen molar-refractivity contribution >= 4 is 80.6 Å². The Morgan fingerprint density at radius 2 is 1.72 bits per heavy atom. The Morgan fingerprint density at radius 1 is 1.02 bits per heavy atom. The molecule has 14 N–H and O–H groups in total. The van der Waals surface area contributed by atoms with Gasteiger partial charge in [-0.05, 0) is 68.5 Å². The largest absolute Gasteiger partial charge is 0.508 e. The second kappa shape index (κ2) is 22.6. The summed E-state index contributed by atoms with van der Waals surface area (Å²) < 4.78 is -1.13. The predicted octanol–water partition coefficient (Wildman–Crippen LogP) is -1.36. The van der Waals surface area contributed by atoms with Crippen LogP contribution in [0.2, 0.25) is 5.02 Å². The third kappa shape index (κ3) is 15.9. The first-order chi connectivity index (χ1) is 27.3. The molecule has 1 heterocycles. The van der Waals surface area contributed by atoms with Crippen LogP contribution in [-0.4, -0.2) is 118 Å². The highest BCUT2D eigenvalue weighted by molar-refractivity contribution is 8.77. The van der Waals surface area contributed by atoms with E-state index in [0.29, 0.717) is 16.1 Å². The van der Waals surface area contributed by atoms with E-state index >= 15 is 0 Å². The number of carboxylic acids is 1. The van der Waals surface area contributed by atoms with E-state index in [-0.39, 0.29) is 49.7 Å². The zero-order valence-corrected chi connectivity index (χ0v) is 34.2. The van der Waals surface area contributed by atoms with E-state index in [9.17, 15) is 38.7 Å². The number of aliphatic imine (C=N–C) groups is 1. The fourth-order valence-electron chi connectivity index (χ4n) is 5.49. The molecule has 0 aromatic heterocycles. The zero-order chi connectivity index (χ0) is 43.0. The fourth-order valence-corrected chi connectivity index (χ4v) is 8.52. The number of halogens is 1. The van der Waals surface area contributed by atoms with E-state index in [2.05, 4.69) is 36.9 Å². The maximum absolute atomic E-state index is 14.0. The first kappa shape index (κ1) is 47.1. The van der Waals surface area contributed by atoms with E-state index in [1.807, 2.05) is 0 Å². The number of phenolic OH excluding ortho intramolecular Hbond substituents is 1. The molecule has 1 aliphatic rings. The van der Waals surface area contributed by atoms with E-state index in [4.69, 9.17) is 33.9 Å². The summed E-state index contributed by atoms with van der Waals surface area (Å²) in [6, 6.07) is 6.40. The SMILES string of the molecule is CC1(C)SSCC(C(=O)N[C@@H](CCCN=C(N)N)C(=O)NCC(=O)O)NC(=O)C(Cc2cccc(Cl)c2)NC(=O)CNC(=O)[C@@H]1NC(=O)[C@@H](N)Cc1ccc(O)cc1. The lowest BCUT2D eigenvalue weighted by molar-refractivity contribution is -0.138. The number of carbonyl (C=O) groups excluding carboxylic acids is 6. The summed E-state index contributed by atoms with van der Waals surface area (Å²) in [5.74, 6) is -6.18. The number of amides is 6. The lowest BCUT2D eigenvalue weighted by Crippen LogP contribution is -2.61. The van der Waals surface area contributed by atoms with Gasteiger partial charge in [0.25, 0.3) is 0 Å². The minimum absolute atomic E-state index is 0.0115. The van der Waals surface area contributed by atoms with E-state index in [1.165, 1.54) is 12.1 Å². The number of nitrogens with two attached hydrogens (primary N) is 3. The molecule has 3 rings (SSSR count). The molecule has 0 aliphatic carbocycles. The Labute approximate surface area is 347 Å². The highest BCUT2D eigenvalue weighted by Gasteiger charge is 2.40. The number of aromatic hydroxyl groups is 1. The molecule has 1 aliphatic heterocycles. The number of aliphatic carboxylic acids is 1. The van der Waals surface area contributed by atoms with E-state index < -0.39 is 89.5 Å². The van der Waals surface area contributed by atoms with Crippen molar-refractivity contribution in [3.63, 3.8) is 0 Å². The van der Waals surface area contributed by atoms with Gasteiger partial charge >= 0.3 is 5.97 Å². The maximum Gasteiger partial charge on any atom is 0.322 e. The Kier molecular flexibility index (Phi) is 18.4. The first-order valence-electron chi connectivity index (χ1n) is 18.0. The molecule has 19 nitrogen and oxygen atoms in total. The molecule has 2 aromatic carbocycles. The van der Waals surface area contributed by atoms with Crippen LogP contribution in [0.4, 0.5) is 0 Å². The molecule has 1 saturated heterocycles. The third-order valence-corrected chi connectivity index (χ3v) is 12.0. The average Bonchev–Trinajstić information content (AvgIpc) is 3.15. The Balaban J connectivity index is 1.93. The van der Waals surface area contributed by atoms with Gasteiger partial charge in [0.1, 0.15) is 36.5 Å². The molecule has 0 saturated carbocycles. The first-order valence-corrected chi connectivity index (χ1v) is 20.7. The normalized spacial score (nSPS) is 19.7. The molecule has 6 amide bonds. The predicted molar refractivity (Wildman–Crippen MR) is 220 cm³/mol. The summed E-state index contributed by atoms with van der Waals surface area (Å²) in [5.41, 5.74) is 18.2. The monoisotopic (exact) mass is 864 g/mol. The molecule has 0 bridgehead atoms. The van der Waals surface area contributed by atoms with Crippen molar-refractivity contribution in [2.45, 2.75) is 74.5 Å². The number of phenols is 1. The van der Waals surface area contributed by atoms with Crippen LogP contribution in [0.1, 0.15) is 37.8 Å². The molecular formula is C36H49ClN10O9S2. The van der Waals surface area contributed by atoms with Crippen molar-refractivity contribution in [2.24, 2.45) is 22.2 Å². The van der Waals surface area contributed by atoms with Gasteiger partial charge in [-0.25, -0.2) is 0 Å². The van der Waals surface area contributed by atoms with Gasteiger partial charge < -0.3 is 59.3 Å². The molecule has 0 radical (unpaired) electrons. The highest BCUT2D eigenvalue weighted by atomic mass is 35.5. The molecule has 58 heavy (non-hydrogen) atoms. The Bertz CT molecular complexity index is 1830. The quantitative estimate of drug-likeness (QED) is 0.0427. The number of benzene rings is 2. The number of carbonyl (C=O) groups is 7. The van der Waals surface area contributed by atoms with Gasteiger partial charge in [0, 0.05) is 28.5 Å². The Morgan fingerprint density at radius 3 is 2.38 bits per heavy atom. The number of rotatable bonds is 15. The van der Waals surface area contributed by atoms with Crippen LogP contribution in [0, 0.1) is 0 Å². The van der Waals surface area contributed by atoms with Gasteiger partial charge in [-0.3, -0.25) is 38.6 Å². The lowest BCUT2D eigenvalue weighted by Gasteiger charge is -2.34. The number of guanidine groups is 1. The molecule has 22 heteroatoms. The van der Waals surface area contributed by atoms with Crippen LogP contribution >= 0.6 is 33.2 Å².